The van der Waals surface area contributed by atoms with Crippen molar-refractivity contribution in [1.82, 2.24) is 19.4 Å². The Morgan fingerprint density at radius 1 is 1.13 bits per heavy atom. The number of hydrogen-bond acceptors (Lipinski definition) is 4. The molecule has 1 saturated carbocycles. The SMILES string of the molecule is C=C1N2C=C(C(C)N3C=CCC3)C=C(C(F)(F)F)C2=CN1c1cccc(C(c2nccn2C)C2CCC2)c1. The molecule has 1 aromatic heterocycles. The van der Waals surface area contributed by atoms with Crippen LogP contribution in [0.1, 0.15) is 49.9 Å². The number of anilines is 1. The third kappa shape index (κ3) is 4.16. The number of alkyl halides is 3. The number of fused-ring (bicyclic) bond motifs is 1. The van der Waals surface area contributed by atoms with Gasteiger partial charge in [0.1, 0.15) is 11.6 Å². The minimum atomic E-state index is -4.49. The Morgan fingerprint density at radius 3 is 2.58 bits per heavy atom. The van der Waals surface area contributed by atoms with Crippen LogP contribution < -0.4 is 4.90 Å². The predicted octanol–water partition coefficient (Wildman–Crippen LogP) is 6.78. The molecule has 2 atom stereocenters. The molecular weight excluding hydrogens is 487 g/mol. The molecule has 4 heterocycles. The fourth-order valence-electron chi connectivity index (χ4n) is 5.94. The summed E-state index contributed by atoms with van der Waals surface area (Å²) in [6.07, 6.45) is 12.4. The van der Waals surface area contributed by atoms with Crippen LogP contribution in [-0.4, -0.2) is 38.1 Å². The molecule has 0 radical (unpaired) electrons. The summed E-state index contributed by atoms with van der Waals surface area (Å²) >= 11 is 0. The van der Waals surface area contributed by atoms with Crippen LogP contribution in [0.5, 0.6) is 0 Å². The average Bonchev–Trinajstić information content (AvgIpc) is 3.61. The summed E-state index contributed by atoms with van der Waals surface area (Å²) in [5.41, 5.74) is 1.97. The molecule has 0 bridgehead atoms. The van der Waals surface area contributed by atoms with E-state index in [-0.39, 0.29) is 17.7 Å². The molecule has 0 N–H and O–H groups in total. The van der Waals surface area contributed by atoms with E-state index in [1.165, 1.54) is 12.5 Å². The molecule has 6 rings (SSSR count). The van der Waals surface area contributed by atoms with Gasteiger partial charge in [0.25, 0.3) is 0 Å². The Hall–Kier alpha value is -3.68. The van der Waals surface area contributed by atoms with Gasteiger partial charge in [-0.2, -0.15) is 13.2 Å². The van der Waals surface area contributed by atoms with E-state index >= 15 is 0 Å². The maximum Gasteiger partial charge on any atom is 0.418 e. The van der Waals surface area contributed by atoms with Crippen molar-refractivity contribution in [1.29, 1.82) is 0 Å². The molecule has 1 aliphatic carbocycles. The maximum absolute atomic E-state index is 14.3. The second-order valence-corrected chi connectivity index (χ2v) is 10.6. The van der Waals surface area contributed by atoms with E-state index in [2.05, 4.69) is 33.2 Å². The molecule has 0 saturated heterocycles. The van der Waals surface area contributed by atoms with Crippen molar-refractivity contribution in [2.75, 3.05) is 11.4 Å². The van der Waals surface area contributed by atoms with Crippen LogP contribution in [0.15, 0.2) is 96.7 Å². The minimum absolute atomic E-state index is 0.0976. The summed E-state index contributed by atoms with van der Waals surface area (Å²) in [7, 11) is 2.01. The van der Waals surface area contributed by atoms with Gasteiger partial charge in [-0.1, -0.05) is 31.2 Å². The molecule has 5 nitrogen and oxygen atoms in total. The van der Waals surface area contributed by atoms with Crippen molar-refractivity contribution < 1.29 is 13.2 Å². The molecule has 38 heavy (non-hydrogen) atoms. The van der Waals surface area contributed by atoms with E-state index < -0.39 is 11.7 Å². The van der Waals surface area contributed by atoms with Gasteiger partial charge in [0.15, 0.2) is 0 Å². The van der Waals surface area contributed by atoms with Gasteiger partial charge in [-0.15, -0.1) is 0 Å². The molecule has 3 aliphatic heterocycles. The normalized spacial score (nSPS) is 21.2. The maximum atomic E-state index is 14.3. The van der Waals surface area contributed by atoms with Gasteiger partial charge in [-0.25, -0.2) is 4.98 Å². The van der Waals surface area contributed by atoms with Crippen molar-refractivity contribution in [3.8, 4) is 0 Å². The number of hydrogen-bond donors (Lipinski definition) is 0. The Balaban J connectivity index is 1.36. The van der Waals surface area contributed by atoms with E-state index in [0.717, 1.165) is 42.9 Å². The molecule has 0 spiro atoms. The van der Waals surface area contributed by atoms with Crippen molar-refractivity contribution >= 4 is 5.69 Å². The summed E-state index contributed by atoms with van der Waals surface area (Å²) < 4.78 is 45.0. The van der Waals surface area contributed by atoms with Gasteiger partial charge in [0, 0.05) is 50.0 Å². The van der Waals surface area contributed by atoms with E-state index in [9.17, 15) is 13.2 Å². The summed E-state index contributed by atoms with van der Waals surface area (Å²) in [6.45, 7) is 6.97. The largest absolute Gasteiger partial charge is 0.418 e. The molecule has 8 heteroatoms. The lowest BCUT2D eigenvalue weighted by Crippen LogP contribution is -2.33. The van der Waals surface area contributed by atoms with Gasteiger partial charge >= 0.3 is 6.18 Å². The molecule has 4 aliphatic rings. The van der Waals surface area contributed by atoms with Crippen LogP contribution in [0, 0.1) is 5.92 Å². The Bertz CT molecular complexity index is 1370. The summed E-state index contributed by atoms with van der Waals surface area (Å²) in [5.74, 6) is 2.14. The Labute approximate surface area is 221 Å². The zero-order valence-electron chi connectivity index (χ0n) is 21.7. The third-order valence-corrected chi connectivity index (χ3v) is 8.33. The Morgan fingerprint density at radius 2 is 1.95 bits per heavy atom. The number of nitrogens with zero attached hydrogens (tertiary/aromatic N) is 5. The number of imidazole rings is 1. The smallest absolute Gasteiger partial charge is 0.371 e. The van der Waals surface area contributed by atoms with E-state index in [4.69, 9.17) is 0 Å². The van der Waals surface area contributed by atoms with Crippen molar-refractivity contribution in [2.45, 2.75) is 50.7 Å². The van der Waals surface area contributed by atoms with Crippen molar-refractivity contribution in [2.24, 2.45) is 13.0 Å². The lowest BCUT2D eigenvalue weighted by molar-refractivity contribution is -0.0909. The lowest BCUT2D eigenvalue weighted by Gasteiger charge is -2.34. The second kappa shape index (κ2) is 9.26. The highest BCUT2D eigenvalue weighted by Gasteiger charge is 2.44. The molecule has 0 amide bonds. The molecule has 2 aromatic rings. The monoisotopic (exact) mass is 519 g/mol. The van der Waals surface area contributed by atoms with Crippen molar-refractivity contribution in [3.63, 3.8) is 0 Å². The van der Waals surface area contributed by atoms with Gasteiger partial charge in [0.2, 0.25) is 0 Å². The van der Waals surface area contributed by atoms with Gasteiger partial charge in [-0.05, 0) is 67.6 Å². The summed E-state index contributed by atoms with van der Waals surface area (Å²) in [4.78, 5) is 10.1. The molecule has 2 unspecified atom stereocenters. The van der Waals surface area contributed by atoms with Crippen LogP contribution in [-0.2, 0) is 7.05 Å². The van der Waals surface area contributed by atoms with Crippen molar-refractivity contribution in [3.05, 3.63) is 108 Å². The van der Waals surface area contributed by atoms with E-state index in [1.54, 1.807) is 22.2 Å². The number of halogens is 3. The molecule has 198 valence electrons. The fourth-order valence-corrected chi connectivity index (χ4v) is 5.94. The van der Waals surface area contributed by atoms with E-state index in [1.807, 2.05) is 50.8 Å². The fraction of sp³-hybridized carbons (Fsp3) is 0.367. The first-order valence-electron chi connectivity index (χ1n) is 13.2. The highest BCUT2D eigenvalue weighted by Crippen LogP contribution is 2.46. The standard InChI is InChI=1S/C30H32F3N5/c1-20(36-13-4-5-14-36)24-17-26(30(31,32)33)27-19-37(21(2)38(27)18-24)25-11-7-10-23(16-25)28(22-8-6-9-22)29-34-12-15-35(29)3/h4,7,10-13,15-20,22,28H,2,5-6,8-9,14H2,1,3H3. The van der Waals surface area contributed by atoms with Crippen LogP contribution in [0.2, 0.25) is 0 Å². The van der Waals surface area contributed by atoms with Crippen LogP contribution in [0.3, 0.4) is 0 Å². The first kappa shape index (κ1) is 24.6. The first-order chi connectivity index (χ1) is 18.2. The molecule has 1 aromatic carbocycles. The number of rotatable bonds is 6. The van der Waals surface area contributed by atoms with Gasteiger partial charge in [0.05, 0.1) is 17.3 Å². The first-order valence-corrected chi connectivity index (χ1v) is 13.2. The zero-order chi connectivity index (χ0) is 26.6. The van der Waals surface area contributed by atoms with Gasteiger partial charge < -0.3 is 19.3 Å². The topological polar surface area (TPSA) is 27.5 Å². The average molecular weight is 520 g/mol. The number of aryl methyl sites for hydroxylation is 1. The third-order valence-electron chi connectivity index (χ3n) is 8.33. The predicted molar refractivity (Wildman–Crippen MR) is 143 cm³/mol. The molecule has 1 fully saturated rings. The van der Waals surface area contributed by atoms with Crippen LogP contribution >= 0.6 is 0 Å². The summed E-state index contributed by atoms with van der Waals surface area (Å²) in [6, 6.07) is 7.91. The zero-order valence-corrected chi connectivity index (χ0v) is 21.7. The molecular formula is C30H32F3N5. The van der Waals surface area contributed by atoms with E-state index in [0.29, 0.717) is 17.3 Å². The lowest BCUT2D eigenvalue weighted by atomic mass is 9.72. The Kier molecular flexibility index (Phi) is 6.00. The summed E-state index contributed by atoms with van der Waals surface area (Å²) in [5, 5.41) is 0. The number of aromatic nitrogens is 2. The van der Waals surface area contributed by atoms with Crippen LogP contribution in [0.4, 0.5) is 18.9 Å². The van der Waals surface area contributed by atoms with Gasteiger partial charge in [-0.3, -0.25) is 0 Å². The minimum Gasteiger partial charge on any atom is -0.371 e. The van der Waals surface area contributed by atoms with Crippen LogP contribution in [0.25, 0.3) is 0 Å². The number of allylic oxidation sites excluding steroid dienone is 1. The highest BCUT2D eigenvalue weighted by molar-refractivity contribution is 5.64. The highest BCUT2D eigenvalue weighted by atomic mass is 19.4. The second-order valence-electron chi connectivity index (χ2n) is 10.6. The number of benzene rings is 1. The quantitative estimate of drug-likeness (QED) is 0.421.